The second-order valence-corrected chi connectivity index (χ2v) is 9.01. The minimum Gasteiger partial charge on any atom is -0.396 e. The van der Waals surface area contributed by atoms with Crippen molar-refractivity contribution in [2.75, 3.05) is 25.0 Å². The van der Waals surface area contributed by atoms with Crippen molar-refractivity contribution < 1.29 is 28.2 Å². The molecular weight excluding hydrogens is 500 g/mol. The number of rotatable bonds is 5. The summed E-state index contributed by atoms with van der Waals surface area (Å²) >= 11 is 1.91. The molecular formula is C20H20F3IN2O3. The van der Waals surface area contributed by atoms with E-state index in [-0.39, 0.29) is 30.9 Å². The molecule has 1 aliphatic rings. The molecule has 0 saturated carbocycles. The smallest absolute Gasteiger partial charge is 0.256 e. The van der Waals surface area contributed by atoms with Gasteiger partial charge in [-0.05, 0) is 52.9 Å². The topological polar surface area (TPSA) is 72.8 Å². The zero-order valence-electron chi connectivity index (χ0n) is 15.8. The Hall–Kier alpha value is -1.85. The van der Waals surface area contributed by atoms with Gasteiger partial charge in [0.05, 0.1) is 36.6 Å². The van der Waals surface area contributed by atoms with E-state index in [4.69, 9.17) is 0 Å². The molecule has 2 aromatic carbocycles. The number of nitrogens with one attached hydrogen (secondary N) is 1. The van der Waals surface area contributed by atoms with Gasteiger partial charge in [0.15, 0.2) is 11.6 Å². The van der Waals surface area contributed by atoms with Crippen molar-refractivity contribution in [3.05, 3.63) is 56.9 Å². The maximum Gasteiger partial charge on any atom is 0.256 e. The summed E-state index contributed by atoms with van der Waals surface area (Å²) in [5.74, 6) is -3.81. The second-order valence-electron chi connectivity index (χ2n) is 7.77. The van der Waals surface area contributed by atoms with E-state index in [1.54, 1.807) is 19.9 Å². The lowest BCUT2D eigenvalue weighted by atomic mass is 9.70. The molecule has 0 spiro atoms. The van der Waals surface area contributed by atoms with Gasteiger partial charge < -0.3 is 20.4 Å². The van der Waals surface area contributed by atoms with E-state index >= 15 is 0 Å². The minimum atomic E-state index is -1.31. The van der Waals surface area contributed by atoms with Crippen LogP contribution < -0.4 is 5.32 Å². The zero-order valence-corrected chi connectivity index (χ0v) is 17.9. The normalized spacial score (nSPS) is 15.8. The Balaban J connectivity index is 1.91. The largest absolute Gasteiger partial charge is 0.396 e. The molecule has 0 bridgehead atoms. The number of anilines is 2. The highest BCUT2D eigenvalue weighted by Crippen LogP contribution is 2.39. The van der Waals surface area contributed by atoms with Gasteiger partial charge in [-0.2, -0.15) is 0 Å². The van der Waals surface area contributed by atoms with Crippen molar-refractivity contribution in [2.24, 2.45) is 5.41 Å². The lowest BCUT2D eigenvalue weighted by molar-refractivity contribution is -0.166. The summed E-state index contributed by atoms with van der Waals surface area (Å²) in [5.41, 5.74) is -2.92. The van der Waals surface area contributed by atoms with E-state index in [0.29, 0.717) is 3.57 Å². The molecule has 0 atom stereocenters. The Kier molecular flexibility index (Phi) is 5.85. The SMILES string of the molecule is CC(C)(CO)C1(O)CN(C(=O)c2ccc(F)c(F)c2Nc2ccc(I)cc2F)C1. The predicted octanol–water partition coefficient (Wildman–Crippen LogP) is 3.66. The van der Waals surface area contributed by atoms with E-state index in [1.807, 2.05) is 22.6 Å². The van der Waals surface area contributed by atoms with Crippen LogP contribution in [0.1, 0.15) is 24.2 Å². The number of nitrogens with zero attached hydrogens (tertiary/aromatic N) is 1. The van der Waals surface area contributed by atoms with Crippen LogP contribution in [0.5, 0.6) is 0 Å². The van der Waals surface area contributed by atoms with Gasteiger partial charge in [-0.1, -0.05) is 13.8 Å². The van der Waals surface area contributed by atoms with Crippen LogP contribution in [0, 0.1) is 26.4 Å². The second kappa shape index (κ2) is 7.77. The molecule has 29 heavy (non-hydrogen) atoms. The molecule has 3 rings (SSSR count). The first-order chi connectivity index (χ1) is 13.5. The monoisotopic (exact) mass is 520 g/mol. The molecule has 0 aromatic heterocycles. The Bertz CT molecular complexity index is 962. The molecule has 5 nitrogen and oxygen atoms in total. The molecule has 1 saturated heterocycles. The van der Waals surface area contributed by atoms with Crippen LogP contribution in [-0.2, 0) is 0 Å². The van der Waals surface area contributed by atoms with Gasteiger partial charge >= 0.3 is 0 Å². The van der Waals surface area contributed by atoms with Crippen LogP contribution in [0.3, 0.4) is 0 Å². The fraction of sp³-hybridized carbons (Fsp3) is 0.350. The van der Waals surface area contributed by atoms with Crippen LogP contribution in [0.15, 0.2) is 30.3 Å². The molecule has 1 aliphatic heterocycles. The first-order valence-electron chi connectivity index (χ1n) is 8.82. The fourth-order valence-corrected chi connectivity index (χ4v) is 3.50. The van der Waals surface area contributed by atoms with Gasteiger partial charge in [0.25, 0.3) is 5.91 Å². The quantitative estimate of drug-likeness (QED) is 0.527. The summed E-state index contributed by atoms with van der Waals surface area (Å²) in [6.07, 6.45) is 0. The molecule has 1 heterocycles. The lowest BCUT2D eigenvalue weighted by Gasteiger charge is -2.54. The molecule has 1 amide bonds. The number of likely N-dealkylation sites (tertiary alicyclic amines) is 1. The Morgan fingerprint density at radius 2 is 1.86 bits per heavy atom. The van der Waals surface area contributed by atoms with E-state index in [0.717, 1.165) is 12.1 Å². The number of benzene rings is 2. The molecule has 0 radical (unpaired) electrons. The van der Waals surface area contributed by atoms with Crippen molar-refractivity contribution in [1.29, 1.82) is 0 Å². The number of carbonyl (C=O) groups is 1. The Morgan fingerprint density at radius 3 is 2.45 bits per heavy atom. The van der Waals surface area contributed by atoms with E-state index in [1.165, 1.54) is 17.0 Å². The molecule has 2 aromatic rings. The number of hydrogen-bond acceptors (Lipinski definition) is 4. The van der Waals surface area contributed by atoms with Gasteiger partial charge in [0, 0.05) is 8.99 Å². The van der Waals surface area contributed by atoms with Crippen molar-refractivity contribution in [1.82, 2.24) is 4.90 Å². The zero-order chi connectivity index (χ0) is 21.6. The lowest BCUT2D eigenvalue weighted by Crippen LogP contribution is -2.70. The molecule has 9 heteroatoms. The number of aliphatic hydroxyl groups excluding tert-OH is 1. The number of β-amino-alcohol motifs (C(OH)–C–C–N with tert-alkyl or cyclic N) is 1. The van der Waals surface area contributed by atoms with Crippen molar-refractivity contribution in [3.63, 3.8) is 0 Å². The Morgan fingerprint density at radius 1 is 1.21 bits per heavy atom. The molecule has 3 N–H and O–H groups in total. The number of halogens is 4. The minimum absolute atomic E-state index is 0.0737. The van der Waals surface area contributed by atoms with Crippen molar-refractivity contribution >= 4 is 39.9 Å². The van der Waals surface area contributed by atoms with Gasteiger partial charge in [0.2, 0.25) is 0 Å². The maximum absolute atomic E-state index is 14.5. The third kappa shape index (κ3) is 3.95. The third-order valence-corrected chi connectivity index (χ3v) is 6.03. The van der Waals surface area contributed by atoms with Crippen molar-refractivity contribution in [3.8, 4) is 0 Å². The van der Waals surface area contributed by atoms with Gasteiger partial charge in [-0.3, -0.25) is 4.79 Å². The van der Waals surface area contributed by atoms with E-state index in [2.05, 4.69) is 5.32 Å². The van der Waals surface area contributed by atoms with Crippen LogP contribution in [-0.4, -0.2) is 46.3 Å². The average Bonchev–Trinajstić information content (AvgIpc) is 2.64. The molecule has 0 aliphatic carbocycles. The third-order valence-electron chi connectivity index (χ3n) is 5.36. The van der Waals surface area contributed by atoms with Crippen LogP contribution in [0.25, 0.3) is 0 Å². The maximum atomic E-state index is 14.5. The fourth-order valence-electron chi connectivity index (χ4n) is 3.05. The van der Waals surface area contributed by atoms with E-state index < -0.39 is 40.1 Å². The van der Waals surface area contributed by atoms with Crippen LogP contribution in [0.2, 0.25) is 0 Å². The summed E-state index contributed by atoms with van der Waals surface area (Å²) in [5, 5.41) is 22.6. The van der Waals surface area contributed by atoms with Crippen LogP contribution in [0.4, 0.5) is 24.5 Å². The van der Waals surface area contributed by atoms with E-state index in [9.17, 15) is 28.2 Å². The number of carbonyl (C=O) groups excluding carboxylic acids is 1. The highest BCUT2D eigenvalue weighted by Gasteiger charge is 2.53. The molecule has 156 valence electrons. The first-order valence-corrected chi connectivity index (χ1v) is 9.89. The standard InChI is InChI=1S/C20H20F3IN2O3/c1-19(2,10-27)20(29)8-26(9-20)18(28)12-4-5-13(21)16(23)17(12)25-15-6-3-11(24)7-14(15)22/h3-7,25,27,29H,8-10H2,1-2H3. The highest BCUT2D eigenvalue weighted by atomic mass is 127. The average molecular weight is 520 g/mol. The van der Waals surface area contributed by atoms with Gasteiger partial charge in [0.1, 0.15) is 11.4 Å². The summed E-state index contributed by atoms with van der Waals surface area (Å²) in [7, 11) is 0. The summed E-state index contributed by atoms with van der Waals surface area (Å²) in [6, 6.07) is 6.09. The van der Waals surface area contributed by atoms with Gasteiger partial charge in [-0.15, -0.1) is 0 Å². The summed E-state index contributed by atoms with van der Waals surface area (Å²) in [6.45, 7) is 2.90. The van der Waals surface area contributed by atoms with Crippen LogP contribution >= 0.6 is 22.6 Å². The number of aliphatic hydroxyl groups is 2. The predicted molar refractivity (Wildman–Crippen MR) is 110 cm³/mol. The molecule has 1 fully saturated rings. The number of hydrogen-bond donors (Lipinski definition) is 3. The van der Waals surface area contributed by atoms with Crippen molar-refractivity contribution in [2.45, 2.75) is 19.4 Å². The summed E-state index contributed by atoms with van der Waals surface area (Å²) < 4.78 is 43.1. The highest BCUT2D eigenvalue weighted by molar-refractivity contribution is 14.1. The number of amides is 1. The Labute approximate surface area is 179 Å². The molecule has 0 unspecified atom stereocenters. The summed E-state index contributed by atoms with van der Waals surface area (Å²) in [4.78, 5) is 14.1. The van der Waals surface area contributed by atoms with Gasteiger partial charge in [-0.25, -0.2) is 13.2 Å². The first kappa shape index (κ1) is 21.8.